The van der Waals surface area contributed by atoms with Crippen LogP contribution in [0, 0.1) is 13.8 Å². The third kappa shape index (κ3) is 4.51. The third-order valence-corrected chi connectivity index (χ3v) is 4.97. The molecule has 0 bridgehead atoms. The summed E-state index contributed by atoms with van der Waals surface area (Å²) in [6, 6.07) is 6.22. The van der Waals surface area contributed by atoms with Crippen LogP contribution in [0.1, 0.15) is 36.4 Å². The molecule has 2 aromatic heterocycles. The van der Waals surface area contributed by atoms with E-state index in [-0.39, 0.29) is 5.91 Å². The summed E-state index contributed by atoms with van der Waals surface area (Å²) in [5, 5.41) is 4.59. The van der Waals surface area contributed by atoms with Crippen molar-refractivity contribution in [1.82, 2.24) is 19.6 Å². The largest absolute Gasteiger partial charge is 0.467 e. The first-order valence-electron chi connectivity index (χ1n) is 9.04. The van der Waals surface area contributed by atoms with Crippen LogP contribution in [0.2, 0.25) is 0 Å². The van der Waals surface area contributed by atoms with Crippen molar-refractivity contribution in [2.75, 3.05) is 20.1 Å². The van der Waals surface area contributed by atoms with Gasteiger partial charge in [-0.25, -0.2) is 0 Å². The molecule has 3 heterocycles. The molecule has 0 spiro atoms. The van der Waals surface area contributed by atoms with E-state index in [0.29, 0.717) is 19.1 Å². The highest BCUT2D eigenvalue weighted by Crippen LogP contribution is 2.19. The summed E-state index contributed by atoms with van der Waals surface area (Å²) < 4.78 is 7.42. The van der Waals surface area contributed by atoms with Crippen LogP contribution in [0.4, 0.5) is 0 Å². The van der Waals surface area contributed by atoms with E-state index in [0.717, 1.165) is 37.4 Å². The Morgan fingerprint density at radius 3 is 2.92 bits per heavy atom. The van der Waals surface area contributed by atoms with Gasteiger partial charge < -0.3 is 9.32 Å². The van der Waals surface area contributed by atoms with Crippen molar-refractivity contribution in [3.63, 3.8) is 0 Å². The zero-order valence-corrected chi connectivity index (χ0v) is 15.4. The van der Waals surface area contributed by atoms with Crippen molar-refractivity contribution in [2.45, 2.75) is 52.2 Å². The monoisotopic (exact) mass is 344 g/mol. The fourth-order valence-corrected chi connectivity index (χ4v) is 3.55. The van der Waals surface area contributed by atoms with E-state index >= 15 is 0 Å². The number of aromatic nitrogens is 2. The summed E-state index contributed by atoms with van der Waals surface area (Å²) in [6.45, 7) is 6.92. The van der Waals surface area contributed by atoms with Crippen LogP contribution < -0.4 is 0 Å². The van der Waals surface area contributed by atoms with Crippen LogP contribution >= 0.6 is 0 Å². The van der Waals surface area contributed by atoms with Crippen molar-refractivity contribution in [3.05, 3.63) is 41.6 Å². The van der Waals surface area contributed by atoms with Gasteiger partial charge in [-0.3, -0.25) is 14.4 Å². The average molecular weight is 344 g/mol. The predicted molar refractivity (Wildman–Crippen MR) is 96.1 cm³/mol. The van der Waals surface area contributed by atoms with Crippen molar-refractivity contribution in [1.29, 1.82) is 0 Å². The molecule has 0 aliphatic carbocycles. The zero-order valence-electron chi connectivity index (χ0n) is 15.4. The molecule has 25 heavy (non-hydrogen) atoms. The molecule has 6 nitrogen and oxygen atoms in total. The molecule has 1 atom stereocenters. The molecule has 0 radical (unpaired) electrons. The number of amides is 1. The quantitative estimate of drug-likeness (QED) is 0.808. The molecule has 0 unspecified atom stereocenters. The summed E-state index contributed by atoms with van der Waals surface area (Å²) in [4.78, 5) is 16.7. The third-order valence-electron chi connectivity index (χ3n) is 4.97. The van der Waals surface area contributed by atoms with E-state index in [1.807, 2.05) is 26.1 Å². The minimum atomic E-state index is 0.136. The van der Waals surface area contributed by atoms with Gasteiger partial charge in [0.25, 0.3) is 0 Å². The lowest BCUT2D eigenvalue weighted by atomic mass is 10.0. The first-order chi connectivity index (χ1) is 12.0. The number of carbonyl (C=O) groups excluding carboxylic acids is 1. The van der Waals surface area contributed by atoms with E-state index in [1.54, 1.807) is 11.2 Å². The molecule has 1 fully saturated rings. The van der Waals surface area contributed by atoms with E-state index < -0.39 is 0 Å². The second kappa shape index (κ2) is 7.87. The number of furan rings is 1. The molecule has 0 N–H and O–H groups in total. The maximum Gasteiger partial charge on any atom is 0.236 e. The molecule has 0 saturated carbocycles. The van der Waals surface area contributed by atoms with Crippen molar-refractivity contribution >= 4 is 5.91 Å². The average Bonchev–Trinajstić information content (AvgIpc) is 3.19. The zero-order chi connectivity index (χ0) is 17.8. The number of carbonyl (C=O) groups is 1. The molecular weight excluding hydrogens is 316 g/mol. The first-order valence-corrected chi connectivity index (χ1v) is 9.04. The van der Waals surface area contributed by atoms with Gasteiger partial charge in [0.05, 0.1) is 31.6 Å². The lowest BCUT2D eigenvalue weighted by Gasteiger charge is -2.36. The highest BCUT2D eigenvalue weighted by molar-refractivity contribution is 5.78. The molecule has 1 amide bonds. The number of aryl methyl sites for hydroxylation is 2. The highest BCUT2D eigenvalue weighted by atomic mass is 16.3. The Balaban J connectivity index is 1.60. The van der Waals surface area contributed by atoms with Gasteiger partial charge in [0.15, 0.2) is 0 Å². The Morgan fingerprint density at radius 1 is 1.40 bits per heavy atom. The minimum absolute atomic E-state index is 0.136. The molecular formula is C19H28N4O2. The van der Waals surface area contributed by atoms with Crippen molar-refractivity contribution < 1.29 is 9.21 Å². The smallest absolute Gasteiger partial charge is 0.236 e. The number of hydrogen-bond acceptors (Lipinski definition) is 4. The van der Waals surface area contributed by atoms with Gasteiger partial charge >= 0.3 is 0 Å². The summed E-state index contributed by atoms with van der Waals surface area (Å²) in [5.41, 5.74) is 2.23. The van der Waals surface area contributed by atoms with Crippen LogP contribution in [-0.2, 0) is 17.9 Å². The molecule has 3 rings (SSSR count). The summed E-state index contributed by atoms with van der Waals surface area (Å²) in [7, 11) is 1.84. The lowest BCUT2D eigenvalue weighted by molar-refractivity contribution is -0.133. The van der Waals surface area contributed by atoms with Gasteiger partial charge in [-0.05, 0) is 51.4 Å². The Morgan fingerprint density at radius 2 is 2.24 bits per heavy atom. The van der Waals surface area contributed by atoms with Crippen LogP contribution in [0.5, 0.6) is 0 Å². The number of likely N-dealkylation sites (tertiary alicyclic amines) is 1. The summed E-state index contributed by atoms with van der Waals surface area (Å²) >= 11 is 0. The Labute approximate surface area is 149 Å². The van der Waals surface area contributed by atoms with Gasteiger partial charge in [0.2, 0.25) is 5.91 Å². The lowest BCUT2D eigenvalue weighted by Crippen LogP contribution is -2.47. The molecule has 136 valence electrons. The fourth-order valence-electron chi connectivity index (χ4n) is 3.55. The van der Waals surface area contributed by atoms with Gasteiger partial charge in [-0.15, -0.1) is 0 Å². The van der Waals surface area contributed by atoms with Gasteiger partial charge in [0.1, 0.15) is 5.76 Å². The second-order valence-corrected chi connectivity index (χ2v) is 7.06. The highest BCUT2D eigenvalue weighted by Gasteiger charge is 2.26. The first kappa shape index (κ1) is 17.7. The number of rotatable bonds is 6. The number of hydrogen-bond donors (Lipinski definition) is 0. The van der Waals surface area contributed by atoms with E-state index in [4.69, 9.17) is 4.42 Å². The molecule has 1 saturated heterocycles. The van der Waals surface area contributed by atoms with Crippen LogP contribution in [0.15, 0.2) is 28.9 Å². The molecule has 1 aliphatic heterocycles. The topological polar surface area (TPSA) is 54.5 Å². The van der Waals surface area contributed by atoms with Crippen molar-refractivity contribution in [3.8, 4) is 0 Å². The SMILES string of the molecule is Cc1cc(C)n(C[C@@H]2CCCCN2CC(=O)N(C)Cc2ccco2)n1. The minimum Gasteiger partial charge on any atom is -0.467 e. The fraction of sp³-hybridized carbons (Fsp3) is 0.579. The normalized spacial score (nSPS) is 18.4. The summed E-state index contributed by atoms with van der Waals surface area (Å²) in [5.74, 6) is 0.949. The maximum atomic E-state index is 12.6. The number of nitrogens with zero attached hydrogens (tertiary/aromatic N) is 4. The number of likely N-dealkylation sites (N-methyl/N-ethyl adjacent to an activating group) is 1. The molecule has 1 aliphatic rings. The van der Waals surface area contributed by atoms with Crippen molar-refractivity contribution in [2.24, 2.45) is 0 Å². The Hall–Kier alpha value is -2.08. The van der Waals surface area contributed by atoms with E-state index in [9.17, 15) is 4.79 Å². The van der Waals surface area contributed by atoms with Gasteiger partial charge in [-0.2, -0.15) is 5.10 Å². The van der Waals surface area contributed by atoms with Crippen LogP contribution in [0.3, 0.4) is 0 Å². The second-order valence-electron chi connectivity index (χ2n) is 7.06. The maximum absolute atomic E-state index is 12.6. The molecule has 6 heteroatoms. The molecule has 2 aromatic rings. The van der Waals surface area contributed by atoms with E-state index in [2.05, 4.69) is 27.7 Å². The van der Waals surface area contributed by atoms with E-state index in [1.165, 1.54) is 12.1 Å². The predicted octanol–water partition coefficient (Wildman–Crippen LogP) is 2.61. The van der Waals surface area contributed by atoms with Crippen LogP contribution in [-0.4, -0.2) is 51.7 Å². The van der Waals surface area contributed by atoms with Gasteiger partial charge in [0, 0.05) is 18.8 Å². The molecule has 0 aromatic carbocycles. The van der Waals surface area contributed by atoms with Crippen LogP contribution in [0.25, 0.3) is 0 Å². The van der Waals surface area contributed by atoms with Gasteiger partial charge in [-0.1, -0.05) is 6.42 Å². The Bertz CT molecular complexity index is 692. The summed E-state index contributed by atoms with van der Waals surface area (Å²) in [6.07, 6.45) is 5.13. The number of piperidine rings is 1. The standard InChI is InChI=1S/C19H28N4O2/c1-15-11-16(2)23(20-15)12-17-7-4-5-9-22(17)14-19(24)21(3)13-18-8-6-10-25-18/h6,8,10-11,17H,4-5,7,9,12-14H2,1-3H3/t17-/m0/s1. The Kier molecular flexibility index (Phi) is 5.58.